The van der Waals surface area contributed by atoms with Gasteiger partial charge in [0.15, 0.2) is 0 Å². The van der Waals surface area contributed by atoms with Crippen LogP contribution in [0.25, 0.3) is 0 Å². The monoisotopic (exact) mass is 314 g/mol. The van der Waals surface area contributed by atoms with E-state index in [0.29, 0.717) is 22.1 Å². The molecular weight excluding hydrogens is 291 g/mol. The lowest BCUT2D eigenvalue weighted by Crippen LogP contribution is -2.59. The van der Waals surface area contributed by atoms with E-state index in [4.69, 9.17) is 23.2 Å². The highest BCUT2D eigenvalue weighted by atomic mass is 35.5. The first kappa shape index (κ1) is 16.1. The molecule has 1 saturated heterocycles. The summed E-state index contributed by atoms with van der Waals surface area (Å²) in [4.78, 5) is 2.49. The van der Waals surface area contributed by atoms with Gasteiger partial charge in [-0.05, 0) is 24.0 Å². The molecule has 1 aliphatic rings. The topological polar surface area (TPSA) is 15.3 Å². The molecule has 1 heterocycles. The van der Waals surface area contributed by atoms with Crippen LogP contribution in [0.15, 0.2) is 18.2 Å². The molecule has 0 aliphatic carbocycles. The number of nitrogens with one attached hydrogen (secondary N) is 1. The molecule has 4 heteroatoms. The summed E-state index contributed by atoms with van der Waals surface area (Å²) in [6, 6.07) is 6.87. The Morgan fingerprint density at radius 3 is 2.65 bits per heavy atom. The lowest BCUT2D eigenvalue weighted by atomic mass is 9.84. The van der Waals surface area contributed by atoms with Gasteiger partial charge in [-0.1, -0.05) is 56.1 Å². The highest BCUT2D eigenvalue weighted by Crippen LogP contribution is 2.29. The van der Waals surface area contributed by atoms with Crippen molar-refractivity contribution in [2.45, 2.75) is 46.3 Å². The highest BCUT2D eigenvalue weighted by Gasteiger charge is 2.32. The van der Waals surface area contributed by atoms with Crippen molar-refractivity contribution in [3.8, 4) is 0 Å². The quantitative estimate of drug-likeness (QED) is 0.880. The first-order valence-corrected chi connectivity index (χ1v) is 7.95. The summed E-state index contributed by atoms with van der Waals surface area (Å²) in [5.74, 6) is 0. The summed E-state index contributed by atoms with van der Waals surface area (Å²) in [6.07, 6.45) is 0. The Hall–Kier alpha value is -0.280. The largest absolute Gasteiger partial charge is 0.311 e. The van der Waals surface area contributed by atoms with Crippen LogP contribution >= 0.6 is 23.2 Å². The SMILES string of the molecule is CC1CNC(C(C)(C)C)CN1Cc1cccc(Cl)c1Cl. The molecule has 1 aliphatic heterocycles. The van der Waals surface area contributed by atoms with Gasteiger partial charge in [-0.2, -0.15) is 0 Å². The highest BCUT2D eigenvalue weighted by molar-refractivity contribution is 6.42. The standard InChI is InChI=1S/C16H24Cl2N2/c1-11-8-19-14(16(2,3)4)10-20(11)9-12-6-5-7-13(17)15(12)18/h5-7,11,14,19H,8-10H2,1-4H3. The third-order valence-electron chi connectivity index (χ3n) is 4.15. The van der Waals surface area contributed by atoms with Crippen LogP contribution in [0.3, 0.4) is 0 Å². The van der Waals surface area contributed by atoms with E-state index in [1.54, 1.807) is 0 Å². The minimum Gasteiger partial charge on any atom is -0.311 e. The van der Waals surface area contributed by atoms with E-state index in [1.807, 2.05) is 12.1 Å². The second kappa shape index (κ2) is 6.23. The molecule has 2 unspecified atom stereocenters. The summed E-state index contributed by atoms with van der Waals surface area (Å²) >= 11 is 12.4. The second-order valence-corrected chi connectivity index (χ2v) is 7.60. The molecule has 0 radical (unpaired) electrons. The molecule has 0 aromatic heterocycles. The molecule has 0 bridgehead atoms. The third-order valence-corrected chi connectivity index (χ3v) is 5.01. The lowest BCUT2D eigenvalue weighted by molar-refractivity contribution is 0.0877. The van der Waals surface area contributed by atoms with Crippen LogP contribution in [0.4, 0.5) is 0 Å². The Morgan fingerprint density at radius 2 is 2.00 bits per heavy atom. The fourth-order valence-corrected chi connectivity index (χ4v) is 2.99. The maximum atomic E-state index is 6.31. The predicted octanol–water partition coefficient (Wildman–Crippen LogP) is 4.20. The number of rotatable bonds is 2. The van der Waals surface area contributed by atoms with Gasteiger partial charge in [-0.15, -0.1) is 0 Å². The van der Waals surface area contributed by atoms with Crippen LogP contribution in [0, 0.1) is 5.41 Å². The molecule has 2 nitrogen and oxygen atoms in total. The summed E-state index contributed by atoms with van der Waals surface area (Å²) in [5.41, 5.74) is 1.37. The summed E-state index contributed by atoms with van der Waals surface area (Å²) in [7, 11) is 0. The minimum absolute atomic E-state index is 0.260. The number of nitrogens with zero attached hydrogens (tertiary/aromatic N) is 1. The van der Waals surface area contributed by atoms with Gasteiger partial charge >= 0.3 is 0 Å². The average molecular weight is 315 g/mol. The molecule has 1 aromatic rings. The first-order valence-electron chi connectivity index (χ1n) is 7.19. The van der Waals surface area contributed by atoms with Crippen molar-refractivity contribution in [1.29, 1.82) is 0 Å². The average Bonchev–Trinajstić information content (AvgIpc) is 2.36. The van der Waals surface area contributed by atoms with Gasteiger partial charge in [0.2, 0.25) is 0 Å². The van der Waals surface area contributed by atoms with E-state index in [2.05, 4.69) is 44.0 Å². The van der Waals surface area contributed by atoms with E-state index >= 15 is 0 Å². The van der Waals surface area contributed by atoms with Crippen molar-refractivity contribution < 1.29 is 0 Å². The Morgan fingerprint density at radius 1 is 1.30 bits per heavy atom. The maximum absolute atomic E-state index is 6.31. The van der Waals surface area contributed by atoms with Crippen LogP contribution in [-0.2, 0) is 6.54 Å². The van der Waals surface area contributed by atoms with Crippen molar-refractivity contribution in [3.05, 3.63) is 33.8 Å². The van der Waals surface area contributed by atoms with E-state index < -0.39 is 0 Å². The molecule has 112 valence electrons. The normalized spacial score (nSPS) is 24.9. The van der Waals surface area contributed by atoms with E-state index in [9.17, 15) is 0 Å². The number of benzene rings is 1. The zero-order valence-corrected chi connectivity index (χ0v) is 14.2. The molecule has 1 aromatic carbocycles. The first-order chi connectivity index (χ1) is 9.29. The molecule has 20 heavy (non-hydrogen) atoms. The van der Waals surface area contributed by atoms with Crippen LogP contribution in [0.1, 0.15) is 33.3 Å². The van der Waals surface area contributed by atoms with Gasteiger partial charge in [0.05, 0.1) is 10.0 Å². The van der Waals surface area contributed by atoms with E-state index in [0.717, 1.165) is 25.2 Å². The number of halogens is 2. The van der Waals surface area contributed by atoms with Crippen LogP contribution < -0.4 is 5.32 Å². The van der Waals surface area contributed by atoms with E-state index in [1.165, 1.54) is 0 Å². The van der Waals surface area contributed by atoms with Crippen LogP contribution in [0.2, 0.25) is 10.0 Å². The van der Waals surface area contributed by atoms with Gasteiger partial charge in [0.25, 0.3) is 0 Å². The van der Waals surface area contributed by atoms with Crippen molar-refractivity contribution in [2.75, 3.05) is 13.1 Å². The van der Waals surface area contributed by atoms with Gasteiger partial charge in [0, 0.05) is 31.7 Å². The Balaban J connectivity index is 2.12. The Kier molecular flexibility index (Phi) is 5.01. The van der Waals surface area contributed by atoms with Gasteiger partial charge < -0.3 is 5.32 Å². The third kappa shape index (κ3) is 3.67. The number of hydrogen-bond acceptors (Lipinski definition) is 2. The maximum Gasteiger partial charge on any atom is 0.0637 e. The Labute approximate surface area is 132 Å². The van der Waals surface area contributed by atoms with Crippen molar-refractivity contribution in [3.63, 3.8) is 0 Å². The minimum atomic E-state index is 0.260. The molecule has 0 spiro atoms. The van der Waals surface area contributed by atoms with Gasteiger partial charge in [-0.3, -0.25) is 4.90 Å². The zero-order valence-electron chi connectivity index (χ0n) is 12.7. The predicted molar refractivity (Wildman–Crippen MR) is 87.6 cm³/mol. The summed E-state index contributed by atoms with van der Waals surface area (Å²) < 4.78 is 0. The molecule has 0 amide bonds. The van der Waals surface area contributed by atoms with Crippen LogP contribution in [-0.4, -0.2) is 30.1 Å². The molecule has 0 saturated carbocycles. The van der Waals surface area contributed by atoms with Crippen molar-refractivity contribution in [2.24, 2.45) is 5.41 Å². The van der Waals surface area contributed by atoms with E-state index in [-0.39, 0.29) is 5.41 Å². The van der Waals surface area contributed by atoms with Crippen LogP contribution in [0.5, 0.6) is 0 Å². The molecule has 1 fully saturated rings. The fraction of sp³-hybridized carbons (Fsp3) is 0.625. The molecular formula is C16H24Cl2N2. The van der Waals surface area contributed by atoms with Crippen molar-refractivity contribution in [1.82, 2.24) is 10.2 Å². The van der Waals surface area contributed by atoms with Gasteiger partial charge in [0.1, 0.15) is 0 Å². The molecule has 2 rings (SSSR count). The summed E-state index contributed by atoms with van der Waals surface area (Å²) in [5, 5.41) is 4.98. The number of piperazine rings is 1. The molecule has 2 atom stereocenters. The zero-order chi connectivity index (χ0) is 14.9. The molecule has 1 N–H and O–H groups in total. The van der Waals surface area contributed by atoms with Crippen molar-refractivity contribution >= 4 is 23.2 Å². The fourth-order valence-electron chi connectivity index (χ4n) is 2.61. The summed E-state index contributed by atoms with van der Waals surface area (Å²) in [6.45, 7) is 12.0. The second-order valence-electron chi connectivity index (χ2n) is 6.82. The number of hydrogen-bond donors (Lipinski definition) is 1. The van der Waals surface area contributed by atoms with Gasteiger partial charge in [-0.25, -0.2) is 0 Å². The smallest absolute Gasteiger partial charge is 0.0637 e. The lowest BCUT2D eigenvalue weighted by Gasteiger charge is -2.44. The Bertz CT molecular complexity index is 468.